The average Bonchev–Trinajstić information content (AvgIpc) is 3.24. The van der Waals surface area contributed by atoms with E-state index < -0.39 is 0 Å². The average molecular weight is 442 g/mol. The predicted octanol–water partition coefficient (Wildman–Crippen LogP) is 6.94. The quantitative estimate of drug-likeness (QED) is 0.260. The van der Waals surface area contributed by atoms with Gasteiger partial charge in [0.1, 0.15) is 0 Å². The smallest absolute Gasteiger partial charge is 0.267 e. The number of aryl methyl sites for hydroxylation is 1. The Labute approximate surface area is 193 Å². The van der Waals surface area contributed by atoms with E-state index in [1.165, 1.54) is 10.4 Å². The number of aromatic nitrogens is 1. The van der Waals surface area contributed by atoms with Crippen LogP contribution >= 0.6 is 11.3 Å². The number of rotatable bonds is 6. The van der Waals surface area contributed by atoms with E-state index in [2.05, 4.69) is 67.7 Å². The van der Waals surface area contributed by atoms with E-state index in [1.807, 2.05) is 37.3 Å². The molecule has 0 unspecified atom stereocenters. The van der Waals surface area contributed by atoms with Crippen LogP contribution in [-0.2, 0) is 0 Å². The standard InChI is InChI=1S/C27H27N3OS/c1-5-23(26-15-10-18(4)32-26)29-30-27(31)22-16-25(28-24-9-7-6-8-21(22)24)20-13-11-19(12-14-20)17(2)3/h6-17H,5H2,1-4H3,(H,30,31)/b29-23+. The van der Waals surface area contributed by atoms with Crippen molar-refractivity contribution in [3.8, 4) is 11.3 Å². The lowest BCUT2D eigenvalue weighted by molar-refractivity contribution is 0.0956. The fourth-order valence-electron chi connectivity index (χ4n) is 3.63. The molecule has 2 aromatic heterocycles. The first kappa shape index (κ1) is 21.9. The van der Waals surface area contributed by atoms with Gasteiger partial charge in [-0.05, 0) is 49.1 Å². The number of hydrazone groups is 1. The molecule has 0 bridgehead atoms. The molecular weight excluding hydrogens is 414 g/mol. The van der Waals surface area contributed by atoms with Gasteiger partial charge in [-0.3, -0.25) is 4.79 Å². The molecule has 0 aliphatic carbocycles. The third-order valence-electron chi connectivity index (χ3n) is 5.49. The zero-order valence-corrected chi connectivity index (χ0v) is 19.7. The molecule has 2 aromatic carbocycles. The summed E-state index contributed by atoms with van der Waals surface area (Å²) < 4.78 is 0. The summed E-state index contributed by atoms with van der Waals surface area (Å²) in [4.78, 5) is 20.3. The number of nitrogens with one attached hydrogen (secondary N) is 1. The lowest BCUT2D eigenvalue weighted by Gasteiger charge is -2.11. The van der Waals surface area contributed by atoms with Crippen LogP contribution in [0.15, 0.2) is 71.8 Å². The number of pyridine rings is 1. The molecule has 2 heterocycles. The number of amides is 1. The second-order valence-corrected chi connectivity index (χ2v) is 9.40. The van der Waals surface area contributed by atoms with Crippen molar-refractivity contribution in [3.05, 3.63) is 87.6 Å². The van der Waals surface area contributed by atoms with Crippen molar-refractivity contribution in [2.24, 2.45) is 5.10 Å². The Morgan fingerprint density at radius 2 is 1.81 bits per heavy atom. The Morgan fingerprint density at radius 1 is 1.06 bits per heavy atom. The van der Waals surface area contributed by atoms with E-state index in [0.29, 0.717) is 11.5 Å². The summed E-state index contributed by atoms with van der Waals surface area (Å²) in [7, 11) is 0. The minimum Gasteiger partial charge on any atom is -0.267 e. The van der Waals surface area contributed by atoms with Crippen LogP contribution in [0.25, 0.3) is 22.2 Å². The van der Waals surface area contributed by atoms with Crippen LogP contribution in [-0.4, -0.2) is 16.6 Å². The summed E-state index contributed by atoms with van der Waals surface area (Å²) in [6, 6.07) is 22.1. The van der Waals surface area contributed by atoms with Crippen molar-refractivity contribution in [3.63, 3.8) is 0 Å². The Bertz CT molecular complexity index is 1290. The second-order valence-electron chi connectivity index (χ2n) is 8.11. The number of hydrogen-bond donors (Lipinski definition) is 1. The molecule has 0 saturated carbocycles. The molecule has 0 fully saturated rings. The minimum absolute atomic E-state index is 0.233. The van der Waals surface area contributed by atoms with Crippen LogP contribution in [0.4, 0.5) is 0 Å². The Balaban J connectivity index is 1.71. The van der Waals surface area contributed by atoms with Crippen molar-refractivity contribution in [2.75, 3.05) is 0 Å². The van der Waals surface area contributed by atoms with Crippen LogP contribution in [0.1, 0.15) is 58.8 Å². The molecule has 32 heavy (non-hydrogen) atoms. The molecule has 0 aliphatic rings. The number of para-hydroxylation sites is 1. The molecule has 0 radical (unpaired) electrons. The number of benzene rings is 2. The molecule has 0 spiro atoms. The molecule has 4 nitrogen and oxygen atoms in total. The first-order chi connectivity index (χ1) is 15.5. The van der Waals surface area contributed by atoms with Crippen molar-refractivity contribution < 1.29 is 4.79 Å². The molecule has 4 aromatic rings. The number of nitrogens with zero attached hydrogens (tertiary/aromatic N) is 2. The maximum Gasteiger partial charge on any atom is 0.272 e. The van der Waals surface area contributed by atoms with Crippen molar-refractivity contribution in [1.29, 1.82) is 0 Å². The number of fused-ring (bicyclic) bond motifs is 1. The highest BCUT2D eigenvalue weighted by molar-refractivity contribution is 7.14. The van der Waals surface area contributed by atoms with Gasteiger partial charge < -0.3 is 0 Å². The lowest BCUT2D eigenvalue weighted by Crippen LogP contribution is -2.20. The highest BCUT2D eigenvalue weighted by Crippen LogP contribution is 2.26. The minimum atomic E-state index is -0.233. The third kappa shape index (κ3) is 4.63. The number of carbonyl (C=O) groups is 1. The summed E-state index contributed by atoms with van der Waals surface area (Å²) in [6.07, 6.45) is 0.741. The largest absolute Gasteiger partial charge is 0.272 e. The maximum absolute atomic E-state index is 13.2. The van der Waals surface area contributed by atoms with Gasteiger partial charge in [0.25, 0.3) is 5.91 Å². The molecular formula is C27H27N3OS. The first-order valence-electron chi connectivity index (χ1n) is 10.9. The van der Waals surface area contributed by atoms with Gasteiger partial charge in [0, 0.05) is 15.8 Å². The van der Waals surface area contributed by atoms with Gasteiger partial charge in [0.15, 0.2) is 0 Å². The van der Waals surface area contributed by atoms with Crippen LogP contribution < -0.4 is 5.43 Å². The van der Waals surface area contributed by atoms with Gasteiger partial charge in [-0.15, -0.1) is 11.3 Å². The Kier molecular flexibility index (Phi) is 6.47. The number of thiophene rings is 1. The number of carbonyl (C=O) groups excluding carboxylic acids is 1. The highest BCUT2D eigenvalue weighted by Gasteiger charge is 2.15. The van der Waals surface area contributed by atoms with Crippen molar-refractivity contribution in [1.82, 2.24) is 10.4 Å². The fourth-order valence-corrected chi connectivity index (χ4v) is 4.55. The first-order valence-corrected chi connectivity index (χ1v) is 11.7. The summed E-state index contributed by atoms with van der Waals surface area (Å²) >= 11 is 1.68. The molecule has 0 aliphatic heterocycles. The third-order valence-corrected chi connectivity index (χ3v) is 6.54. The molecule has 0 saturated heterocycles. The number of hydrogen-bond acceptors (Lipinski definition) is 4. The zero-order valence-electron chi connectivity index (χ0n) is 18.8. The monoisotopic (exact) mass is 441 g/mol. The van der Waals surface area contributed by atoms with E-state index >= 15 is 0 Å². The summed E-state index contributed by atoms with van der Waals surface area (Å²) in [5.74, 6) is 0.232. The summed E-state index contributed by atoms with van der Waals surface area (Å²) in [6.45, 7) is 8.46. The molecule has 162 valence electrons. The van der Waals surface area contributed by atoms with Gasteiger partial charge >= 0.3 is 0 Å². The maximum atomic E-state index is 13.2. The molecule has 4 rings (SSSR count). The van der Waals surface area contributed by atoms with Gasteiger partial charge in [-0.2, -0.15) is 5.10 Å². The van der Waals surface area contributed by atoms with Crippen LogP contribution in [0.2, 0.25) is 0 Å². The predicted molar refractivity (Wildman–Crippen MR) is 135 cm³/mol. The van der Waals surface area contributed by atoms with Gasteiger partial charge in [0.2, 0.25) is 0 Å². The molecule has 5 heteroatoms. The Hall–Kier alpha value is -3.31. The van der Waals surface area contributed by atoms with E-state index in [0.717, 1.165) is 39.2 Å². The SMILES string of the molecule is CC/C(=N\NC(=O)c1cc(-c2ccc(C(C)C)cc2)nc2ccccc12)c1ccc(C)s1. The summed E-state index contributed by atoms with van der Waals surface area (Å²) in [5, 5.41) is 5.26. The fraction of sp³-hybridized carbons (Fsp3) is 0.222. The van der Waals surface area contributed by atoms with Gasteiger partial charge in [0.05, 0.1) is 27.4 Å². The van der Waals surface area contributed by atoms with E-state index in [-0.39, 0.29) is 5.91 Å². The lowest BCUT2D eigenvalue weighted by atomic mass is 9.99. The molecule has 1 amide bonds. The van der Waals surface area contributed by atoms with Crippen LogP contribution in [0.3, 0.4) is 0 Å². The van der Waals surface area contributed by atoms with E-state index in [9.17, 15) is 4.79 Å². The summed E-state index contributed by atoms with van der Waals surface area (Å²) in [5.41, 5.74) is 8.05. The van der Waals surface area contributed by atoms with Gasteiger partial charge in [-0.1, -0.05) is 63.2 Å². The normalized spacial score (nSPS) is 11.8. The second kappa shape index (κ2) is 9.45. The van der Waals surface area contributed by atoms with E-state index in [4.69, 9.17) is 4.98 Å². The highest BCUT2D eigenvalue weighted by atomic mass is 32.1. The van der Waals surface area contributed by atoms with Gasteiger partial charge in [-0.25, -0.2) is 10.4 Å². The Morgan fingerprint density at radius 3 is 2.47 bits per heavy atom. The van der Waals surface area contributed by atoms with Crippen molar-refractivity contribution in [2.45, 2.75) is 40.0 Å². The molecule has 0 atom stereocenters. The molecule has 1 N–H and O–H groups in total. The van der Waals surface area contributed by atoms with Crippen LogP contribution in [0.5, 0.6) is 0 Å². The van der Waals surface area contributed by atoms with Crippen molar-refractivity contribution >= 4 is 33.9 Å². The van der Waals surface area contributed by atoms with Crippen LogP contribution in [0, 0.1) is 6.92 Å². The van der Waals surface area contributed by atoms with E-state index in [1.54, 1.807) is 11.3 Å². The zero-order chi connectivity index (χ0) is 22.7. The topological polar surface area (TPSA) is 54.4 Å².